The highest BCUT2D eigenvalue weighted by molar-refractivity contribution is 5.69. The lowest BCUT2D eigenvalue weighted by atomic mass is 9.76. The maximum absolute atomic E-state index is 11.2. The van der Waals surface area contributed by atoms with E-state index in [2.05, 4.69) is 20.8 Å². The van der Waals surface area contributed by atoms with E-state index in [1.807, 2.05) is 6.92 Å². The van der Waals surface area contributed by atoms with Crippen LogP contribution in [0.25, 0.3) is 0 Å². The second kappa shape index (κ2) is 6.83. The molecule has 2 N–H and O–H groups in total. The van der Waals surface area contributed by atoms with Crippen LogP contribution in [0.15, 0.2) is 0 Å². The molecule has 0 radical (unpaired) electrons. The van der Waals surface area contributed by atoms with Crippen LogP contribution in [0.4, 0.5) is 0 Å². The van der Waals surface area contributed by atoms with E-state index in [-0.39, 0.29) is 11.4 Å². The van der Waals surface area contributed by atoms with Gasteiger partial charge in [-0.25, -0.2) is 0 Å². The fourth-order valence-corrected chi connectivity index (χ4v) is 1.74. The van der Waals surface area contributed by atoms with Crippen molar-refractivity contribution < 1.29 is 9.53 Å². The van der Waals surface area contributed by atoms with Gasteiger partial charge in [0.15, 0.2) is 0 Å². The lowest BCUT2D eigenvalue weighted by molar-refractivity contribution is -0.143. The zero-order valence-electron chi connectivity index (χ0n) is 10.5. The predicted molar refractivity (Wildman–Crippen MR) is 62.5 cm³/mol. The molecule has 0 saturated heterocycles. The summed E-state index contributed by atoms with van der Waals surface area (Å²) < 4.78 is 4.91. The van der Waals surface area contributed by atoms with Crippen LogP contribution in [-0.2, 0) is 9.53 Å². The van der Waals surface area contributed by atoms with Crippen LogP contribution in [0.2, 0.25) is 0 Å². The van der Waals surface area contributed by atoms with Gasteiger partial charge in [0.2, 0.25) is 0 Å². The number of rotatable bonds is 6. The predicted octanol–water partition coefficient (Wildman–Crippen LogP) is 2.34. The standard InChI is InChI=1S/C12H25NO2/c1-5-15-11(14)7-6-10(8-9-13)12(2,3)4/h10H,5-9,13H2,1-4H3. The topological polar surface area (TPSA) is 52.3 Å². The van der Waals surface area contributed by atoms with Gasteiger partial charge in [-0.1, -0.05) is 20.8 Å². The number of hydrogen-bond acceptors (Lipinski definition) is 3. The van der Waals surface area contributed by atoms with Crippen LogP contribution in [0.3, 0.4) is 0 Å². The highest BCUT2D eigenvalue weighted by Gasteiger charge is 2.24. The summed E-state index contributed by atoms with van der Waals surface area (Å²) >= 11 is 0. The lowest BCUT2D eigenvalue weighted by Gasteiger charge is -2.30. The molecule has 0 aromatic carbocycles. The zero-order chi connectivity index (χ0) is 11.9. The first-order valence-electron chi connectivity index (χ1n) is 5.77. The van der Waals surface area contributed by atoms with Gasteiger partial charge in [0.1, 0.15) is 0 Å². The molecule has 0 aromatic heterocycles. The Balaban J connectivity index is 4.02. The molecular weight excluding hydrogens is 190 g/mol. The van der Waals surface area contributed by atoms with Crippen LogP contribution >= 0.6 is 0 Å². The summed E-state index contributed by atoms with van der Waals surface area (Å²) in [6.45, 7) is 9.56. The molecule has 0 amide bonds. The number of esters is 1. The lowest BCUT2D eigenvalue weighted by Crippen LogP contribution is -2.24. The van der Waals surface area contributed by atoms with Crippen molar-refractivity contribution in [3.05, 3.63) is 0 Å². The third kappa shape index (κ3) is 6.50. The minimum Gasteiger partial charge on any atom is -0.466 e. The second-order valence-corrected chi connectivity index (χ2v) is 4.98. The molecule has 0 aliphatic heterocycles. The van der Waals surface area contributed by atoms with Crippen LogP contribution in [0.5, 0.6) is 0 Å². The number of carbonyl (C=O) groups is 1. The molecule has 0 saturated carbocycles. The Hall–Kier alpha value is -0.570. The minimum atomic E-state index is -0.0937. The molecule has 0 spiro atoms. The SMILES string of the molecule is CCOC(=O)CCC(CCN)C(C)(C)C. The third-order valence-electron chi connectivity index (χ3n) is 2.74. The Kier molecular flexibility index (Phi) is 6.57. The summed E-state index contributed by atoms with van der Waals surface area (Å²) in [6, 6.07) is 0. The minimum absolute atomic E-state index is 0.0937. The molecule has 3 heteroatoms. The highest BCUT2D eigenvalue weighted by atomic mass is 16.5. The number of carbonyl (C=O) groups excluding carboxylic acids is 1. The molecule has 3 nitrogen and oxygen atoms in total. The summed E-state index contributed by atoms with van der Waals surface area (Å²) in [7, 11) is 0. The third-order valence-corrected chi connectivity index (χ3v) is 2.74. The van der Waals surface area contributed by atoms with Gasteiger partial charge < -0.3 is 10.5 Å². The van der Waals surface area contributed by atoms with Crippen molar-refractivity contribution in [2.75, 3.05) is 13.2 Å². The summed E-state index contributed by atoms with van der Waals surface area (Å²) in [5, 5.41) is 0. The van der Waals surface area contributed by atoms with E-state index in [0.717, 1.165) is 12.8 Å². The molecular formula is C12H25NO2. The largest absolute Gasteiger partial charge is 0.466 e. The van der Waals surface area contributed by atoms with Crippen molar-refractivity contribution in [2.45, 2.75) is 47.0 Å². The van der Waals surface area contributed by atoms with Crippen LogP contribution in [0.1, 0.15) is 47.0 Å². The monoisotopic (exact) mass is 215 g/mol. The van der Waals surface area contributed by atoms with Crippen molar-refractivity contribution in [3.63, 3.8) is 0 Å². The Bertz CT molecular complexity index is 185. The van der Waals surface area contributed by atoms with E-state index in [9.17, 15) is 4.79 Å². The van der Waals surface area contributed by atoms with Gasteiger partial charge in [-0.15, -0.1) is 0 Å². The van der Waals surface area contributed by atoms with E-state index in [1.54, 1.807) is 0 Å². The fourth-order valence-electron chi connectivity index (χ4n) is 1.74. The van der Waals surface area contributed by atoms with E-state index >= 15 is 0 Å². The fraction of sp³-hybridized carbons (Fsp3) is 0.917. The Morgan fingerprint density at radius 2 is 1.93 bits per heavy atom. The van der Waals surface area contributed by atoms with Crippen LogP contribution in [-0.4, -0.2) is 19.1 Å². The van der Waals surface area contributed by atoms with Crippen molar-refractivity contribution in [2.24, 2.45) is 17.1 Å². The average Bonchev–Trinajstić information content (AvgIpc) is 2.10. The number of nitrogens with two attached hydrogens (primary N) is 1. The van der Waals surface area contributed by atoms with Gasteiger partial charge in [-0.3, -0.25) is 4.79 Å². The molecule has 0 rings (SSSR count). The normalized spacial score (nSPS) is 13.7. The van der Waals surface area contributed by atoms with Gasteiger partial charge >= 0.3 is 5.97 Å². The van der Waals surface area contributed by atoms with E-state index < -0.39 is 0 Å². The summed E-state index contributed by atoms with van der Waals surface area (Å²) in [5.41, 5.74) is 5.79. The molecule has 15 heavy (non-hydrogen) atoms. The first-order valence-corrected chi connectivity index (χ1v) is 5.77. The zero-order valence-corrected chi connectivity index (χ0v) is 10.5. The number of ether oxygens (including phenoxy) is 1. The van der Waals surface area contributed by atoms with Crippen molar-refractivity contribution in [3.8, 4) is 0 Å². The van der Waals surface area contributed by atoms with Crippen molar-refractivity contribution in [1.82, 2.24) is 0 Å². The smallest absolute Gasteiger partial charge is 0.305 e. The van der Waals surface area contributed by atoms with Crippen molar-refractivity contribution in [1.29, 1.82) is 0 Å². The van der Waals surface area contributed by atoms with Gasteiger partial charge in [0.25, 0.3) is 0 Å². The number of hydrogen-bond donors (Lipinski definition) is 1. The molecule has 0 aromatic rings. The van der Waals surface area contributed by atoms with E-state index in [1.165, 1.54) is 0 Å². The molecule has 0 fully saturated rings. The molecule has 0 heterocycles. The quantitative estimate of drug-likeness (QED) is 0.692. The first kappa shape index (κ1) is 14.4. The van der Waals surface area contributed by atoms with Crippen molar-refractivity contribution >= 4 is 5.97 Å². The van der Waals surface area contributed by atoms with Gasteiger partial charge in [0, 0.05) is 6.42 Å². The molecule has 90 valence electrons. The van der Waals surface area contributed by atoms with Gasteiger partial charge in [-0.2, -0.15) is 0 Å². The molecule has 0 aliphatic carbocycles. The van der Waals surface area contributed by atoms with Crippen LogP contribution < -0.4 is 5.73 Å². The summed E-state index contributed by atoms with van der Waals surface area (Å²) in [4.78, 5) is 11.2. The summed E-state index contributed by atoms with van der Waals surface area (Å²) in [6.07, 6.45) is 2.36. The van der Waals surface area contributed by atoms with Gasteiger partial charge in [-0.05, 0) is 37.6 Å². The summed E-state index contributed by atoms with van der Waals surface area (Å²) in [5.74, 6) is 0.399. The van der Waals surface area contributed by atoms with E-state index in [4.69, 9.17) is 10.5 Å². The molecule has 0 aliphatic rings. The first-order chi connectivity index (χ1) is 6.91. The molecule has 0 bridgehead atoms. The van der Waals surface area contributed by atoms with Crippen LogP contribution in [0, 0.1) is 11.3 Å². The van der Waals surface area contributed by atoms with E-state index in [0.29, 0.717) is 25.5 Å². The Labute approximate surface area is 93.4 Å². The van der Waals surface area contributed by atoms with Gasteiger partial charge in [0.05, 0.1) is 6.61 Å². The average molecular weight is 215 g/mol. The maximum atomic E-state index is 11.2. The Morgan fingerprint density at radius 3 is 2.33 bits per heavy atom. The highest BCUT2D eigenvalue weighted by Crippen LogP contribution is 2.32. The maximum Gasteiger partial charge on any atom is 0.305 e. The second-order valence-electron chi connectivity index (χ2n) is 4.98. The molecule has 1 unspecified atom stereocenters. The molecule has 1 atom stereocenters. The Morgan fingerprint density at radius 1 is 1.33 bits per heavy atom.